The van der Waals surface area contributed by atoms with Gasteiger partial charge in [-0.3, -0.25) is 0 Å². The molecule has 2 aromatic rings. The Bertz CT molecular complexity index is 731. The summed E-state index contributed by atoms with van der Waals surface area (Å²) >= 11 is 0. The lowest BCUT2D eigenvalue weighted by Crippen LogP contribution is -2.23. The number of aryl methyl sites for hydroxylation is 1. The number of nitriles is 1. The van der Waals surface area contributed by atoms with Crippen LogP contribution in [0.1, 0.15) is 23.2 Å². The molecule has 1 unspecified atom stereocenters. The second kappa shape index (κ2) is 7.11. The second-order valence-electron chi connectivity index (χ2n) is 5.62. The summed E-state index contributed by atoms with van der Waals surface area (Å²) in [4.78, 5) is 0. The Morgan fingerprint density at radius 3 is 2.77 bits per heavy atom. The van der Waals surface area contributed by atoms with Gasteiger partial charge in [-0.15, -0.1) is 6.58 Å². The Labute approximate surface area is 132 Å². The predicted molar refractivity (Wildman–Crippen MR) is 93.7 cm³/mol. The number of hydrogen-bond donors (Lipinski definition) is 1. The number of allylic oxidation sites excluding steroid dienone is 1. The van der Waals surface area contributed by atoms with Crippen LogP contribution < -0.4 is 5.32 Å². The first-order valence-corrected chi connectivity index (χ1v) is 7.57. The SMILES string of the molecule is C=CCC(CNC)Cn1c(C#N)cc2c(C)c(C=C)ccc21. The summed E-state index contributed by atoms with van der Waals surface area (Å²) < 4.78 is 2.13. The van der Waals surface area contributed by atoms with Crippen LogP contribution in [0.15, 0.2) is 37.4 Å². The van der Waals surface area contributed by atoms with E-state index in [1.54, 1.807) is 0 Å². The van der Waals surface area contributed by atoms with Gasteiger partial charge in [0.2, 0.25) is 0 Å². The van der Waals surface area contributed by atoms with Gasteiger partial charge in [-0.1, -0.05) is 24.8 Å². The fourth-order valence-corrected chi connectivity index (χ4v) is 3.01. The number of hydrogen-bond acceptors (Lipinski definition) is 2. The first-order chi connectivity index (χ1) is 10.7. The first-order valence-electron chi connectivity index (χ1n) is 7.57. The molecular weight excluding hydrogens is 270 g/mol. The summed E-state index contributed by atoms with van der Waals surface area (Å²) in [5.74, 6) is 0.421. The second-order valence-corrected chi connectivity index (χ2v) is 5.62. The molecule has 3 heteroatoms. The van der Waals surface area contributed by atoms with Crippen LogP contribution in [0.25, 0.3) is 17.0 Å². The van der Waals surface area contributed by atoms with Crippen molar-refractivity contribution >= 4 is 17.0 Å². The van der Waals surface area contributed by atoms with E-state index in [0.717, 1.165) is 36.0 Å². The number of benzene rings is 1. The fourth-order valence-electron chi connectivity index (χ4n) is 3.01. The smallest absolute Gasteiger partial charge is 0.121 e. The quantitative estimate of drug-likeness (QED) is 0.787. The number of aromatic nitrogens is 1. The molecule has 1 N–H and O–H groups in total. The van der Waals surface area contributed by atoms with E-state index >= 15 is 0 Å². The van der Waals surface area contributed by atoms with Crippen molar-refractivity contribution in [2.45, 2.75) is 19.9 Å². The number of nitrogens with one attached hydrogen (secondary N) is 1. The van der Waals surface area contributed by atoms with Gasteiger partial charge in [0.15, 0.2) is 0 Å². The average Bonchev–Trinajstić information content (AvgIpc) is 2.87. The van der Waals surface area contributed by atoms with Crippen molar-refractivity contribution in [3.63, 3.8) is 0 Å². The Hall–Kier alpha value is -2.31. The number of fused-ring (bicyclic) bond motifs is 1. The molecule has 1 atom stereocenters. The average molecular weight is 293 g/mol. The topological polar surface area (TPSA) is 40.8 Å². The number of nitrogens with zero attached hydrogens (tertiary/aromatic N) is 2. The highest BCUT2D eigenvalue weighted by molar-refractivity contribution is 5.88. The Morgan fingerprint density at radius 2 is 2.18 bits per heavy atom. The molecule has 1 heterocycles. The van der Waals surface area contributed by atoms with Gasteiger partial charge in [-0.25, -0.2) is 0 Å². The Morgan fingerprint density at radius 1 is 1.41 bits per heavy atom. The molecule has 0 bridgehead atoms. The van der Waals surface area contributed by atoms with Crippen LogP contribution in [0.3, 0.4) is 0 Å². The van der Waals surface area contributed by atoms with E-state index in [4.69, 9.17) is 0 Å². The molecule has 0 aliphatic rings. The van der Waals surface area contributed by atoms with E-state index in [-0.39, 0.29) is 0 Å². The maximum absolute atomic E-state index is 9.48. The van der Waals surface area contributed by atoms with Crippen molar-refractivity contribution in [1.29, 1.82) is 5.26 Å². The van der Waals surface area contributed by atoms with Crippen LogP contribution in [0.5, 0.6) is 0 Å². The zero-order valence-corrected chi connectivity index (χ0v) is 13.4. The van der Waals surface area contributed by atoms with Crippen LogP contribution in [0.2, 0.25) is 0 Å². The highest BCUT2D eigenvalue weighted by Gasteiger charge is 2.15. The molecule has 0 aliphatic heterocycles. The van der Waals surface area contributed by atoms with Gasteiger partial charge in [-0.2, -0.15) is 5.26 Å². The van der Waals surface area contributed by atoms with Gasteiger partial charge in [-0.05, 0) is 56.1 Å². The van der Waals surface area contributed by atoms with Crippen LogP contribution in [-0.4, -0.2) is 18.2 Å². The predicted octanol–water partition coefficient (Wildman–Crippen LogP) is 3.88. The maximum Gasteiger partial charge on any atom is 0.121 e. The van der Waals surface area contributed by atoms with E-state index < -0.39 is 0 Å². The minimum atomic E-state index is 0.421. The zero-order valence-electron chi connectivity index (χ0n) is 13.4. The van der Waals surface area contributed by atoms with Gasteiger partial charge < -0.3 is 9.88 Å². The van der Waals surface area contributed by atoms with E-state index in [2.05, 4.69) is 48.2 Å². The van der Waals surface area contributed by atoms with E-state index in [1.165, 1.54) is 5.56 Å². The van der Waals surface area contributed by atoms with E-state index in [0.29, 0.717) is 11.6 Å². The third-order valence-electron chi connectivity index (χ3n) is 4.16. The molecule has 114 valence electrons. The van der Waals surface area contributed by atoms with Crippen LogP contribution >= 0.6 is 0 Å². The van der Waals surface area contributed by atoms with Gasteiger partial charge in [0.05, 0.1) is 0 Å². The van der Waals surface area contributed by atoms with Gasteiger partial charge in [0, 0.05) is 17.4 Å². The van der Waals surface area contributed by atoms with E-state index in [1.807, 2.05) is 25.3 Å². The third kappa shape index (κ3) is 2.98. The normalized spacial score (nSPS) is 12.0. The highest BCUT2D eigenvalue weighted by Crippen LogP contribution is 2.27. The molecule has 0 spiro atoms. The minimum Gasteiger partial charge on any atom is -0.332 e. The maximum atomic E-state index is 9.48. The third-order valence-corrected chi connectivity index (χ3v) is 4.16. The Balaban J connectivity index is 2.52. The molecule has 2 rings (SSSR count). The molecule has 3 nitrogen and oxygen atoms in total. The zero-order chi connectivity index (χ0) is 16.1. The lowest BCUT2D eigenvalue weighted by molar-refractivity contribution is 0.437. The van der Waals surface area contributed by atoms with Gasteiger partial charge in [0.1, 0.15) is 11.8 Å². The molecule has 0 amide bonds. The highest BCUT2D eigenvalue weighted by atomic mass is 15.0. The monoisotopic (exact) mass is 293 g/mol. The lowest BCUT2D eigenvalue weighted by Gasteiger charge is -2.17. The minimum absolute atomic E-state index is 0.421. The molecule has 1 aromatic carbocycles. The molecule has 22 heavy (non-hydrogen) atoms. The largest absolute Gasteiger partial charge is 0.332 e. The van der Waals surface area contributed by atoms with Gasteiger partial charge >= 0.3 is 0 Å². The Kier molecular flexibility index (Phi) is 5.19. The summed E-state index contributed by atoms with van der Waals surface area (Å²) in [5.41, 5.74) is 4.12. The summed E-state index contributed by atoms with van der Waals surface area (Å²) in [6.07, 6.45) is 4.73. The first kappa shape index (κ1) is 16.1. The van der Waals surface area contributed by atoms with Crippen LogP contribution in [0, 0.1) is 24.2 Å². The van der Waals surface area contributed by atoms with Crippen molar-refractivity contribution in [3.05, 3.63) is 54.3 Å². The fraction of sp³-hybridized carbons (Fsp3) is 0.316. The summed E-state index contributed by atoms with van der Waals surface area (Å²) in [7, 11) is 1.95. The van der Waals surface area contributed by atoms with Crippen molar-refractivity contribution in [2.24, 2.45) is 5.92 Å². The van der Waals surface area contributed by atoms with Crippen molar-refractivity contribution in [1.82, 2.24) is 9.88 Å². The molecule has 0 aliphatic carbocycles. The number of rotatable bonds is 7. The molecule has 0 saturated carbocycles. The van der Waals surface area contributed by atoms with E-state index in [9.17, 15) is 5.26 Å². The molecule has 0 radical (unpaired) electrons. The molecule has 0 saturated heterocycles. The molecule has 1 aromatic heterocycles. The summed E-state index contributed by atoms with van der Waals surface area (Å²) in [6.45, 7) is 11.5. The van der Waals surface area contributed by atoms with Crippen LogP contribution in [0.4, 0.5) is 0 Å². The van der Waals surface area contributed by atoms with Crippen molar-refractivity contribution in [3.8, 4) is 6.07 Å². The van der Waals surface area contributed by atoms with Gasteiger partial charge in [0.25, 0.3) is 0 Å². The lowest BCUT2D eigenvalue weighted by atomic mass is 10.0. The van der Waals surface area contributed by atoms with Crippen molar-refractivity contribution < 1.29 is 0 Å². The molecular formula is C19H23N3. The summed E-state index contributed by atoms with van der Waals surface area (Å²) in [5, 5.41) is 13.8. The summed E-state index contributed by atoms with van der Waals surface area (Å²) in [6, 6.07) is 8.48. The standard InChI is InChI=1S/C19H23N3/c1-5-7-15(12-21-4)13-22-17(11-20)10-18-14(3)16(6-2)8-9-19(18)22/h5-6,8-10,15,21H,1-2,7,12-13H2,3-4H3. The molecule has 0 fully saturated rings. The van der Waals surface area contributed by atoms with Crippen molar-refractivity contribution in [2.75, 3.05) is 13.6 Å². The van der Waals surface area contributed by atoms with Crippen LogP contribution in [-0.2, 0) is 6.54 Å².